The van der Waals surface area contributed by atoms with Crippen molar-refractivity contribution >= 4 is 22.5 Å². The monoisotopic (exact) mass is 379 g/mol. The summed E-state index contributed by atoms with van der Waals surface area (Å²) in [5.74, 6) is -0.0251. The van der Waals surface area contributed by atoms with Crippen LogP contribution in [0.3, 0.4) is 0 Å². The van der Waals surface area contributed by atoms with E-state index in [2.05, 4.69) is 9.88 Å². The van der Waals surface area contributed by atoms with Gasteiger partial charge in [-0.25, -0.2) is 0 Å². The predicted octanol–water partition coefficient (Wildman–Crippen LogP) is 3.08. The number of likely N-dealkylation sites (N-methyl/N-ethyl adjacent to an activating group) is 1. The van der Waals surface area contributed by atoms with Gasteiger partial charge in [0.1, 0.15) is 6.61 Å². The smallest absolute Gasteiger partial charge is 0.371 e. The lowest BCUT2D eigenvalue weighted by molar-refractivity contribution is -0.164. The highest BCUT2D eigenvalue weighted by Crippen LogP contribution is 2.38. The van der Waals surface area contributed by atoms with Crippen LogP contribution in [0.1, 0.15) is 18.4 Å². The number of carbonyl (C=O) groups is 1. The third-order valence-corrected chi connectivity index (χ3v) is 5.52. The van der Waals surface area contributed by atoms with Crippen LogP contribution in [0.4, 0.5) is 18.9 Å². The molecule has 2 fully saturated rings. The molecule has 3 heterocycles. The number of piperidine rings is 1. The van der Waals surface area contributed by atoms with Crippen molar-refractivity contribution in [3.8, 4) is 0 Å². The van der Waals surface area contributed by atoms with Gasteiger partial charge in [0.25, 0.3) is 0 Å². The second kappa shape index (κ2) is 6.37. The molecule has 0 aliphatic carbocycles. The largest absolute Gasteiger partial charge is 0.418 e. The summed E-state index contributed by atoms with van der Waals surface area (Å²) >= 11 is 0. The van der Waals surface area contributed by atoms with Crippen LogP contribution < -0.4 is 4.90 Å². The zero-order valence-corrected chi connectivity index (χ0v) is 14.9. The lowest BCUT2D eigenvalue weighted by Crippen LogP contribution is -2.57. The second-order valence-corrected chi connectivity index (χ2v) is 7.24. The van der Waals surface area contributed by atoms with E-state index in [-0.39, 0.29) is 23.6 Å². The van der Waals surface area contributed by atoms with Crippen molar-refractivity contribution in [3.63, 3.8) is 0 Å². The molecule has 2 aliphatic heterocycles. The van der Waals surface area contributed by atoms with E-state index in [0.29, 0.717) is 37.9 Å². The first-order chi connectivity index (χ1) is 12.8. The summed E-state index contributed by atoms with van der Waals surface area (Å²) < 4.78 is 45.7. The van der Waals surface area contributed by atoms with Gasteiger partial charge in [0.2, 0.25) is 5.91 Å². The van der Waals surface area contributed by atoms with E-state index in [1.165, 1.54) is 12.3 Å². The average Bonchev–Trinajstić information content (AvgIpc) is 2.64. The van der Waals surface area contributed by atoms with Crippen molar-refractivity contribution < 1.29 is 22.7 Å². The molecule has 0 atom stereocenters. The first-order valence-electron chi connectivity index (χ1n) is 8.87. The van der Waals surface area contributed by atoms with Gasteiger partial charge in [0.05, 0.1) is 16.7 Å². The van der Waals surface area contributed by atoms with E-state index in [9.17, 15) is 18.0 Å². The lowest BCUT2D eigenvalue weighted by atomic mass is 9.89. The Morgan fingerprint density at radius 3 is 2.59 bits per heavy atom. The zero-order valence-electron chi connectivity index (χ0n) is 14.9. The van der Waals surface area contributed by atoms with Gasteiger partial charge in [-0.1, -0.05) is 12.1 Å². The summed E-state index contributed by atoms with van der Waals surface area (Å²) in [6, 6.07) is 5.93. The number of amides is 1. The van der Waals surface area contributed by atoms with Gasteiger partial charge >= 0.3 is 6.18 Å². The number of hydrogen-bond donors (Lipinski definition) is 0. The van der Waals surface area contributed by atoms with E-state index in [1.54, 1.807) is 24.1 Å². The Morgan fingerprint density at radius 1 is 1.19 bits per heavy atom. The van der Waals surface area contributed by atoms with Crippen LogP contribution in [0.15, 0.2) is 30.5 Å². The molecule has 1 aromatic carbocycles. The third-order valence-electron chi connectivity index (χ3n) is 5.52. The lowest BCUT2D eigenvalue weighted by Gasteiger charge is -2.46. The summed E-state index contributed by atoms with van der Waals surface area (Å²) in [6.07, 6.45) is -1.58. The maximum absolute atomic E-state index is 13.3. The molecule has 2 aliphatic rings. The molecule has 2 aromatic rings. The van der Waals surface area contributed by atoms with E-state index >= 15 is 0 Å². The van der Waals surface area contributed by atoms with Gasteiger partial charge in [0, 0.05) is 44.0 Å². The summed E-state index contributed by atoms with van der Waals surface area (Å²) in [5, 5.41) is 0.500. The zero-order chi connectivity index (χ0) is 19.2. The Bertz CT molecular complexity index is 876. The molecule has 144 valence electrons. The van der Waals surface area contributed by atoms with Gasteiger partial charge in [-0.15, -0.1) is 0 Å². The molecule has 1 spiro atoms. The fourth-order valence-corrected chi connectivity index (χ4v) is 4.01. The van der Waals surface area contributed by atoms with Crippen LogP contribution >= 0.6 is 0 Å². The molecule has 0 saturated carbocycles. The van der Waals surface area contributed by atoms with Crippen LogP contribution in [-0.2, 0) is 15.7 Å². The minimum Gasteiger partial charge on any atom is -0.371 e. The quantitative estimate of drug-likeness (QED) is 0.764. The topological polar surface area (TPSA) is 45.7 Å². The highest BCUT2D eigenvalue weighted by molar-refractivity contribution is 5.93. The summed E-state index contributed by atoms with van der Waals surface area (Å²) in [5.41, 5.74) is -0.353. The molecule has 2 saturated heterocycles. The van der Waals surface area contributed by atoms with Crippen LogP contribution in [0, 0.1) is 0 Å². The molecule has 27 heavy (non-hydrogen) atoms. The number of anilines is 1. The number of halogens is 3. The number of benzene rings is 1. The van der Waals surface area contributed by atoms with Gasteiger partial charge in [-0.2, -0.15) is 13.2 Å². The number of hydrogen-bond acceptors (Lipinski definition) is 4. The summed E-state index contributed by atoms with van der Waals surface area (Å²) in [4.78, 5) is 19.4. The molecule has 0 bridgehead atoms. The van der Waals surface area contributed by atoms with Crippen molar-refractivity contribution in [2.75, 3.05) is 38.2 Å². The molecule has 0 radical (unpaired) electrons. The Hall–Kier alpha value is -2.35. The number of pyridine rings is 1. The van der Waals surface area contributed by atoms with Gasteiger partial charge in [-0.05, 0) is 25.0 Å². The number of alkyl halides is 3. The fourth-order valence-electron chi connectivity index (χ4n) is 4.01. The third kappa shape index (κ3) is 3.22. The molecule has 0 N–H and O–H groups in total. The summed E-state index contributed by atoms with van der Waals surface area (Å²) in [6.45, 7) is 1.94. The van der Waals surface area contributed by atoms with Crippen LogP contribution in [0.2, 0.25) is 0 Å². The summed E-state index contributed by atoms with van der Waals surface area (Å²) in [7, 11) is 1.77. The Kier molecular flexibility index (Phi) is 4.25. The highest BCUT2D eigenvalue weighted by atomic mass is 19.4. The standard InChI is InChI=1S/C19H20F3N3O2/c1-24-12-18(27-11-16(24)26)6-9-25(10-7-18)15-5-8-23-17-13(15)3-2-4-14(17)19(20,21)22/h2-5,8H,6-7,9-12H2,1H3. The van der Waals surface area contributed by atoms with E-state index in [4.69, 9.17) is 4.74 Å². The van der Waals surface area contributed by atoms with Crippen LogP contribution in [0.5, 0.6) is 0 Å². The number of carbonyl (C=O) groups excluding carboxylic acids is 1. The van der Waals surface area contributed by atoms with Crippen molar-refractivity contribution in [3.05, 3.63) is 36.0 Å². The molecular formula is C19H20F3N3O2. The first kappa shape index (κ1) is 18.0. The molecule has 4 rings (SSSR count). The SMILES string of the molecule is CN1CC2(CCN(c3ccnc4c(C(F)(F)F)cccc34)CC2)OCC1=O. The number of aromatic nitrogens is 1. The van der Waals surface area contributed by atoms with Crippen LogP contribution in [0.25, 0.3) is 10.9 Å². The maximum Gasteiger partial charge on any atom is 0.418 e. The van der Waals surface area contributed by atoms with Crippen molar-refractivity contribution in [2.45, 2.75) is 24.6 Å². The number of para-hydroxylation sites is 1. The van der Waals surface area contributed by atoms with Crippen LogP contribution in [-0.4, -0.2) is 54.7 Å². The Morgan fingerprint density at radius 2 is 1.93 bits per heavy atom. The highest BCUT2D eigenvalue weighted by Gasteiger charge is 2.41. The molecule has 5 nitrogen and oxygen atoms in total. The van der Waals surface area contributed by atoms with E-state index < -0.39 is 11.7 Å². The molecule has 8 heteroatoms. The van der Waals surface area contributed by atoms with Gasteiger partial charge in [0.15, 0.2) is 0 Å². The number of rotatable bonds is 1. The van der Waals surface area contributed by atoms with E-state index in [1.807, 2.05) is 0 Å². The Balaban J connectivity index is 1.61. The number of ether oxygens (including phenoxy) is 1. The molecule has 0 unspecified atom stereocenters. The molecule has 1 aromatic heterocycles. The minimum absolute atomic E-state index is 0.0251. The van der Waals surface area contributed by atoms with Crippen molar-refractivity contribution in [1.82, 2.24) is 9.88 Å². The van der Waals surface area contributed by atoms with Gasteiger partial charge in [-0.3, -0.25) is 9.78 Å². The average molecular weight is 379 g/mol. The second-order valence-electron chi connectivity index (χ2n) is 7.24. The number of morpholine rings is 1. The number of fused-ring (bicyclic) bond motifs is 1. The fraction of sp³-hybridized carbons (Fsp3) is 0.474. The minimum atomic E-state index is -4.44. The predicted molar refractivity (Wildman–Crippen MR) is 94.5 cm³/mol. The van der Waals surface area contributed by atoms with Gasteiger partial charge < -0.3 is 14.5 Å². The van der Waals surface area contributed by atoms with Crippen molar-refractivity contribution in [2.24, 2.45) is 0 Å². The molecule has 1 amide bonds. The molecular weight excluding hydrogens is 359 g/mol. The Labute approximate surface area is 154 Å². The normalized spacial score (nSPS) is 20.5. The van der Waals surface area contributed by atoms with Crippen molar-refractivity contribution in [1.29, 1.82) is 0 Å². The van der Waals surface area contributed by atoms with E-state index in [0.717, 1.165) is 11.8 Å². The maximum atomic E-state index is 13.3. The first-order valence-corrected chi connectivity index (χ1v) is 8.87. The number of nitrogens with zero attached hydrogens (tertiary/aromatic N) is 3.